The zero-order valence-electron chi connectivity index (χ0n) is 21.2. The lowest BCUT2D eigenvalue weighted by atomic mass is 10.0. The van der Waals surface area contributed by atoms with Gasteiger partial charge in [0.2, 0.25) is 11.7 Å². The zero-order chi connectivity index (χ0) is 30.2. The molecule has 2 aromatic carbocycles. The molecule has 0 amide bonds. The fraction of sp³-hybridized carbons (Fsp3) is 0.292. The van der Waals surface area contributed by atoms with Crippen LogP contribution in [0.4, 0.5) is 13.2 Å². The number of ether oxygens (including phenoxy) is 3. The molecular formula is C24H20Cl3F3N2O7S. The Morgan fingerprint density at radius 2 is 1.68 bits per heavy atom. The molecule has 0 atom stereocenters. The maximum atomic E-state index is 13.7. The average Bonchev–Trinajstić information content (AvgIpc) is 3.11. The molecule has 0 radical (unpaired) electrons. The Kier molecular flexibility index (Phi) is 9.47. The molecule has 9 nitrogen and oxygen atoms in total. The molecule has 3 aromatic rings. The molecule has 0 aliphatic rings. The Balaban J connectivity index is 2.09. The van der Waals surface area contributed by atoms with Crippen LogP contribution in [0.5, 0.6) is 11.6 Å². The Morgan fingerprint density at radius 1 is 1.05 bits per heavy atom. The molecule has 0 aliphatic heterocycles. The number of aryl methyl sites for hydroxylation is 2. The standard InChI is InChI=1S/C24H20Cl3F3N2O7S/c1-11-17(22(32(2)31-11)39-23(34)18-14(25)6-7-15(26)21(18)37-3)20(33)12-5-8-16(40(4,35)36)13(19(12)27)9-38-10-24(28,29)30/h5-8H,9-10H2,1-4H3. The van der Waals surface area contributed by atoms with Crippen molar-refractivity contribution in [1.82, 2.24) is 9.78 Å². The number of sulfone groups is 1. The Bertz CT molecular complexity index is 1610. The number of rotatable bonds is 9. The smallest absolute Gasteiger partial charge is 0.411 e. The van der Waals surface area contributed by atoms with Crippen molar-refractivity contribution in [1.29, 1.82) is 0 Å². The SMILES string of the molecule is COc1c(Cl)ccc(Cl)c1C(=O)Oc1c(C(=O)c2ccc(S(C)(=O)=O)c(COCC(F)(F)F)c2Cl)c(C)nn1C. The van der Waals surface area contributed by atoms with Crippen LogP contribution in [-0.2, 0) is 28.2 Å². The van der Waals surface area contributed by atoms with Crippen molar-refractivity contribution in [2.75, 3.05) is 20.0 Å². The number of carbonyl (C=O) groups is 2. The average molecular weight is 644 g/mol. The molecule has 0 saturated carbocycles. The fourth-order valence-corrected chi connectivity index (χ4v) is 5.49. The molecule has 216 valence electrons. The largest absolute Gasteiger partial charge is 0.494 e. The van der Waals surface area contributed by atoms with E-state index in [0.717, 1.165) is 23.1 Å². The number of ketones is 1. The van der Waals surface area contributed by atoms with Gasteiger partial charge in [-0.05, 0) is 31.2 Å². The van der Waals surface area contributed by atoms with Crippen LogP contribution in [0.1, 0.15) is 37.5 Å². The van der Waals surface area contributed by atoms with Gasteiger partial charge in [-0.15, -0.1) is 0 Å². The van der Waals surface area contributed by atoms with Crippen molar-refractivity contribution >= 4 is 56.4 Å². The zero-order valence-corrected chi connectivity index (χ0v) is 24.2. The van der Waals surface area contributed by atoms with Crippen LogP contribution in [0.2, 0.25) is 15.1 Å². The molecule has 0 fully saturated rings. The quantitative estimate of drug-likeness (QED) is 0.218. The molecule has 1 aromatic heterocycles. The van der Waals surface area contributed by atoms with Crippen LogP contribution in [0.3, 0.4) is 0 Å². The van der Waals surface area contributed by atoms with Gasteiger partial charge in [0, 0.05) is 24.4 Å². The Labute approximate surface area is 241 Å². The van der Waals surface area contributed by atoms with Gasteiger partial charge in [0.25, 0.3) is 0 Å². The monoisotopic (exact) mass is 642 g/mol. The molecule has 0 saturated heterocycles. The minimum absolute atomic E-state index is 0.0547. The van der Waals surface area contributed by atoms with Crippen molar-refractivity contribution < 1.29 is 45.4 Å². The van der Waals surface area contributed by atoms with E-state index >= 15 is 0 Å². The van der Waals surface area contributed by atoms with Crippen LogP contribution >= 0.6 is 34.8 Å². The van der Waals surface area contributed by atoms with Gasteiger partial charge in [0.15, 0.2) is 15.6 Å². The molecule has 0 N–H and O–H groups in total. The number of esters is 1. The first-order valence-corrected chi connectivity index (χ1v) is 14.0. The van der Waals surface area contributed by atoms with Crippen LogP contribution < -0.4 is 9.47 Å². The van der Waals surface area contributed by atoms with Gasteiger partial charge >= 0.3 is 12.1 Å². The molecule has 0 bridgehead atoms. The van der Waals surface area contributed by atoms with E-state index in [-0.39, 0.29) is 49.6 Å². The second-order valence-corrected chi connectivity index (χ2v) is 11.5. The molecule has 1 heterocycles. The Morgan fingerprint density at radius 3 is 2.25 bits per heavy atom. The number of hydrogen-bond acceptors (Lipinski definition) is 8. The van der Waals surface area contributed by atoms with E-state index in [1.54, 1.807) is 0 Å². The summed E-state index contributed by atoms with van der Waals surface area (Å²) in [7, 11) is -1.34. The summed E-state index contributed by atoms with van der Waals surface area (Å²) >= 11 is 18.6. The summed E-state index contributed by atoms with van der Waals surface area (Å²) < 4.78 is 78.8. The summed E-state index contributed by atoms with van der Waals surface area (Å²) in [4.78, 5) is 26.4. The first-order chi connectivity index (χ1) is 18.5. The van der Waals surface area contributed by atoms with Gasteiger partial charge in [-0.25, -0.2) is 17.9 Å². The molecule has 40 heavy (non-hydrogen) atoms. The van der Waals surface area contributed by atoms with E-state index in [0.29, 0.717) is 0 Å². The first kappa shape index (κ1) is 31.7. The highest BCUT2D eigenvalue weighted by molar-refractivity contribution is 7.90. The van der Waals surface area contributed by atoms with Gasteiger partial charge < -0.3 is 14.2 Å². The van der Waals surface area contributed by atoms with Crippen molar-refractivity contribution in [3.63, 3.8) is 0 Å². The van der Waals surface area contributed by atoms with Gasteiger partial charge in [0.05, 0.1) is 39.4 Å². The summed E-state index contributed by atoms with van der Waals surface area (Å²) in [5.74, 6) is -2.31. The third-order valence-corrected chi connectivity index (χ3v) is 7.64. The van der Waals surface area contributed by atoms with Crippen molar-refractivity contribution in [2.24, 2.45) is 7.05 Å². The lowest BCUT2D eigenvalue weighted by molar-refractivity contribution is -0.176. The predicted molar refractivity (Wildman–Crippen MR) is 140 cm³/mol. The third-order valence-electron chi connectivity index (χ3n) is 5.41. The number of nitrogens with zero attached hydrogens (tertiary/aromatic N) is 2. The number of alkyl halides is 3. The number of halogens is 6. The second-order valence-electron chi connectivity index (χ2n) is 8.33. The summed E-state index contributed by atoms with van der Waals surface area (Å²) in [5.41, 5.74) is -1.02. The number of carbonyl (C=O) groups excluding carboxylic acids is 2. The number of benzene rings is 2. The number of hydrogen-bond donors (Lipinski definition) is 0. The topological polar surface area (TPSA) is 114 Å². The first-order valence-electron chi connectivity index (χ1n) is 11.0. The molecule has 0 spiro atoms. The van der Waals surface area contributed by atoms with Crippen LogP contribution in [0, 0.1) is 6.92 Å². The third kappa shape index (κ3) is 6.72. The van der Waals surface area contributed by atoms with Gasteiger partial charge in [0.1, 0.15) is 17.7 Å². The molecule has 0 unspecified atom stereocenters. The summed E-state index contributed by atoms with van der Waals surface area (Å²) in [5, 5.41) is 3.66. The summed E-state index contributed by atoms with van der Waals surface area (Å²) in [6, 6.07) is 4.86. The Hall–Kier alpha value is -2.84. The predicted octanol–water partition coefficient (Wildman–Crippen LogP) is 5.63. The van der Waals surface area contributed by atoms with Gasteiger partial charge in [-0.2, -0.15) is 18.3 Å². The van der Waals surface area contributed by atoms with Crippen LogP contribution in [-0.4, -0.2) is 56.1 Å². The summed E-state index contributed by atoms with van der Waals surface area (Å²) in [6.07, 6.45) is -3.86. The van der Waals surface area contributed by atoms with Crippen molar-refractivity contribution in [3.05, 3.63) is 67.3 Å². The summed E-state index contributed by atoms with van der Waals surface area (Å²) in [6.45, 7) is -1.10. The lowest BCUT2D eigenvalue weighted by Crippen LogP contribution is -2.18. The fourth-order valence-electron chi connectivity index (χ4n) is 3.74. The minimum Gasteiger partial charge on any atom is -0.494 e. The number of aromatic nitrogens is 2. The lowest BCUT2D eigenvalue weighted by Gasteiger charge is -2.15. The van der Waals surface area contributed by atoms with Crippen LogP contribution in [0.25, 0.3) is 0 Å². The highest BCUT2D eigenvalue weighted by Gasteiger charge is 2.32. The van der Waals surface area contributed by atoms with E-state index < -0.39 is 50.9 Å². The highest BCUT2D eigenvalue weighted by Crippen LogP contribution is 2.37. The van der Waals surface area contributed by atoms with E-state index in [9.17, 15) is 31.2 Å². The molecular weight excluding hydrogens is 624 g/mol. The molecule has 3 rings (SSSR count). The van der Waals surface area contributed by atoms with E-state index in [1.807, 2.05) is 0 Å². The maximum absolute atomic E-state index is 13.7. The van der Waals surface area contributed by atoms with E-state index in [2.05, 4.69) is 9.84 Å². The normalized spacial score (nSPS) is 11.9. The van der Waals surface area contributed by atoms with E-state index in [4.69, 9.17) is 44.3 Å². The molecule has 16 heteroatoms. The minimum atomic E-state index is -4.69. The molecule has 0 aliphatic carbocycles. The van der Waals surface area contributed by atoms with Crippen molar-refractivity contribution in [3.8, 4) is 11.6 Å². The van der Waals surface area contributed by atoms with E-state index in [1.165, 1.54) is 33.2 Å². The number of methoxy groups -OCH3 is 1. The second kappa shape index (κ2) is 12.0. The highest BCUT2D eigenvalue weighted by atomic mass is 35.5. The van der Waals surface area contributed by atoms with Gasteiger partial charge in [-0.1, -0.05) is 34.8 Å². The van der Waals surface area contributed by atoms with Gasteiger partial charge in [-0.3, -0.25) is 4.79 Å². The van der Waals surface area contributed by atoms with Crippen LogP contribution in [0.15, 0.2) is 29.2 Å². The maximum Gasteiger partial charge on any atom is 0.411 e. The van der Waals surface area contributed by atoms with Crippen molar-refractivity contribution in [2.45, 2.75) is 24.6 Å².